The standard InChI is InChI=1S/C14H16ClNO2/c15-12-3-1-2-4-13(12)16-10-5-6-11(16)8-9(7-10)14(17)18/h1-4,9-11H,5-8H2,(H,17,18). The lowest BCUT2D eigenvalue weighted by Gasteiger charge is -2.39. The summed E-state index contributed by atoms with van der Waals surface area (Å²) in [5.41, 5.74) is 1.07. The summed E-state index contributed by atoms with van der Waals surface area (Å²) in [4.78, 5) is 13.5. The molecule has 1 N–H and O–H groups in total. The lowest BCUT2D eigenvalue weighted by molar-refractivity contribution is -0.142. The van der Waals surface area contributed by atoms with Crippen LogP contribution in [0.15, 0.2) is 24.3 Å². The summed E-state index contributed by atoms with van der Waals surface area (Å²) in [5, 5.41) is 9.94. The highest BCUT2D eigenvalue weighted by atomic mass is 35.5. The van der Waals surface area contributed by atoms with Gasteiger partial charge in [-0.1, -0.05) is 23.7 Å². The van der Waals surface area contributed by atoms with Crippen molar-refractivity contribution in [3.8, 4) is 0 Å². The van der Waals surface area contributed by atoms with Gasteiger partial charge in [-0.25, -0.2) is 0 Å². The predicted octanol–water partition coefficient (Wildman–Crippen LogP) is 3.17. The van der Waals surface area contributed by atoms with Crippen molar-refractivity contribution in [3.05, 3.63) is 29.3 Å². The zero-order valence-electron chi connectivity index (χ0n) is 10.1. The molecule has 1 aromatic rings. The van der Waals surface area contributed by atoms with Gasteiger partial charge < -0.3 is 10.0 Å². The van der Waals surface area contributed by atoms with E-state index in [0.717, 1.165) is 36.4 Å². The zero-order valence-corrected chi connectivity index (χ0v) is 10.8. The molecule has 2 saturated heterocycles. The van der Waals surface area contributed by atoms with Gasteiger partial charge >= 0.3 is 5.97 Å². The van der Waals surface area contributed by atoms with Crippen LogP contribution in [-0.4, -0.2) is 23.2 Å². The second-order valence-electron chi connectivity index (χ2n) is 5.25. The molecule has 2 unspecified atom stereocenters. The van der Waals surface area contributed by atoms with Gasteiger partial charge in [-0.3, -0.25) is 4.79 Å². The largest absolute Gasteiger partial charge is 0.481 e. The van der Waals surface area contributed by atoms with Gasteiger partial charge in [-0.2, -0.15) is 0 Å². The molecule has 0 spiro atoms. The summed E-state index contributed by atoms with van der Waals surface area (Å²) < 4.78 is 0. The minimum absolute atomic E-state index is 0.179. The smallest absolute Gasteiger partial charge is 0.306 e. The lowest BCUT2D eigenvalue weighted by Crippen LogP contribution is -2.44. The van der Waals surface area contributed by atoms with Gasteiger partial charge in [-0.15, -0.1) is 0 Å². The van der Waals surface area contributed by atoms with Crippen molar-refractivity contribution in [3.63, 3.8) is 0 Å². The van der Waals surface area contributed by atoms with Crippen molar-refractivity contribution in [2.45, 2.75) is 37.8 Å². The molecule has 18 heavy (non-hydrogen) atoms. The van der Waals surface area contributed by atoms with Gasteiger partial charge in [0.2, 0.25) is 0 Å². The van der Waals surface area contributed by atoms with Crippen LogP contribution in [0.25, 0.3) is 0 Å². The van der Waals surface area contributed by atoms with E-state index in [1.165, 1.54) is 0 Å². The molecule has 4 heteroatoms. The summed E-state index contributed by atoms with van der Waals surface area (Å²) in [6, 6.07) is 8.53. The van der Waals surface area contributed by atoms with E-state index in [-0.39, 0.29) is 5.92 Å². The Hall–Kier alpha value is -1.22. The summed E-state index contributed by atoms with van der Waals surface area (Å²) in [5.74, 6) is -0.827. The molecule has 2 bridgehead atoms. The summed E-state index contributed by atoms with van der Waals surface area (Å²) in [6.07, 6.45) is 3.66. The van der Waals surface area contributed by atoms with E-state index in [1.54, 1.807) is 0 Å². The Morgan fingerprint density at radius 2 is 1.83 bits per heavy atom. The van der Waals surface area contributed by atoms with Crippen LogP contribution in [0, 0.1) is 5.92 Å². The Morgan fingerprint density at radius 3 is 2.39 bits per heavy atom. The number of carbonyl (C=O) groups is 1. The van der Waals surface area contributed by atoms with E-state index in [0.29, 0.717) is 12.1 Å². The van der Waals surface area contributed by atoms with E-state index in [4.69, 9.17) is 16.7 Å². The Bertz CT molecular complexity index is 463. The van der Waals surface area contributed by atoms with Crippen molar-refractivity contribution in [1.29, 1.82) is 0 Å². The number of piperidine rings is 1. The fourth-order valence-electron chi connectivity index (χ4n) is 3.43. The van der Waals surface area contributed by atoms with Gasteiger partial charge in [-0.05, 0) is 37.8 Å². The molecule has 2 atom stereocenters. The van der Waals surface area contributed by atoms with E-state index in [9.17, 15) is 4.79 Å². The molecule has 3 nitrogen and oxygen atoms in total. The first-order chi connectivity index (χ1) is 8.66. The molecule has 0 radical (unpaired) electrons. The average molecular weight is 266 g/mol. The SMILES string of the molecule is O=C(O)C1CC2CCC(C1)N2c1ccccc1Cl. The third-order valence-electron chi connectivity index (χ3n) is 4.21. The number of carboxylic acids is 1. The van der Waals surface area contributed by atoms with Crippen LogP contribution in [-0.2, 0) is 4.79 Å². The fraction of sp³-hybridized carbons (Fsp3) is 0.500. The molecule has 1 aromatic carbocycles. The fourth-order valence-corrected chi connectivity index (χ4v) is 3.67. The summed E-state index contributed by atoms with van der Waals surface area (Å²) in [7, 11) is 0. The molecule has 0 aromatic heterocycles. The minimum atomic E-state index is -0.647. The molecule has 0 saturated carbocycles. The molecule has 3 rings (SSSR count). The normalized spacial score (nSPS) is 30.5. The first-order valence-corrected chi connectivity index (χ1v) is 6.80. The van der Waals surface area contributed by atoms with Crippen LogP contribution in [0.2, 0.25) is 5.02 Å². The molecular weight excluding hydrogens is 250 g/mol. The Labute approximate surface area is 111 Å². The Morgan fingerprint density at radius 1 is 1.22 bits per heavy atom. The number of nitrogens with zero attached hydrogens (tertiary/aromatic N) is 1. The minimum Gasteiger partial charge on any atom is -0.481 e. The molecule has 2 heterocycles. The number of fused-ring (bicyclic) bond motifs is 2. The number of halogens is 1. The molecule has 0 amide bonds. The number of rotatable bonds is 2. The van der Waals surface area contributed by atoms with Crippen LogP contribution in [0.4, 0.5) is 5.69 Å². The van der Waals surface area contributed by atoms with Crippen LogP contribution in [0.1, 0.15) is 25.7 Å². The Kier molecular flexibility index (Phi) is 2.94. The van der Waals surface area contributed by atoms with Crippen molar-refractivity contribution in [1.82, 2.24) is 0 Å². The van der Waals surface area contributed by atoms with Crippen LogP contribution in [0.3, 0.4) is 0 Å². The highest BCUT2D eigenvalue weighted by Gasteiger charge is 2.43. The second kappa shape index (κ2) is 4.47. The van der Waals surface area contributed by atoms with E-state index in [1.807, 2.05) is 24.3 Å². The quantitative estimate of drug-likeness (QED) is 0.893. The van der Waals surface area contributed by atoms with Crippen molar-refractivity contribution < 1.29 is 9.90 Å². The van der Waals surface area contributed by atoms with Gasteiger partial charge in [0.15, 0.2) is 0 Å². The third kappa shape index (κ3) is 1.87. The predicted molar refractivity (Wildman–Crippen MR) is 71.1 cm³/mol. The highest BCUT2D eigenvalue weighted by molar-refractivity contribution is 6.33. The van der Waals surface area contributed by atoms with E-state index in [2.05, 4.69) is 4.90 Å². The van der Waals surface area contributed by atoms with E-state index >= 15 is 0 Å². The molecule has 96 valence electrons. The summed E-state index contributed by atoms with van der Waals surface area (Å²) >= 11 is 6.26. The van der Waals surface area contributed by atoms with Crippen molar-refractivity contribution >= 4 is 23.3 Å². The van der Waals surface area contributed by atoms with E-state index < -0.39 is 5.97 Å². The lowest BCUT2D eigenvalue weighted by atomic mass is 9.90. The highest BCUT2D eigenvalue weighted by Crippen LogP contribution is 2.43. The number of para-hydroxylation sites is 1. The van der Waals surface area contributed by atoms with Crippen LogP contribution < -0.4 is 4.90 Å². The third-order valence-corrected chi connectivity index (χ3v) is 4.53. The Balaban J connectivity index is 1.89. The number of benzene rings is 1. The first kappa shape index (κ1) is 11.8. The van der Waals surface area contributed by atoms with Gasteiger partial charge in [0.05, 0.1) is 16.6 Å². The maximum Gasteiger partial charge on any atom is 0.306 e. The number of carboxylic acid groups (broad SMARTS) is 1. The number of aliphatic carboxylic acids is 1. The van der Waals surface area contributed by atoms with Crippen LogP contribution >= 0.6 is 11.6 Å². The van der Waals surface area contributed by atoms with Crippen molar-refractivity contribution in [2.24, 2.45) is 5.92 Å². The molecule has 0 aliphatic carbocycles. The second-order valence-corrected chi connectivity index (χ2v) is 5.66. The van der Waals surface area contributed by atoms with Gasteiger partial charge in [0, 0.05) is 12.1 Å². The number of hydrogen-bond donors (Lipinski definition) is 1. The first-order valence-electron chi connectivity index (χ1n) is 6.42. The monoisotopic (exact) mass is 265 g/mol. The average Bonchev–Trinajstić information content (AvgIpc) is 2.60. The van der Waals surface area contributed by atoms with Crippen LogP contribution in [0.5, 0.6) is 0 Å². The van der Waals surface area contributed by atoms with Gasteiger partial charge in [0.25, 0.3) is 0 Å². The molecule has 2 aliphatic rings. The molecule has 2 aliphatic heterocycles. The maximum atomic E-state index is 11.1. The topological polar surface area (TPSA) is 40.5 Å². The number of hydrogen-bond acceptors (Lipinski definition) is 2. The summed E-state index contributed by atoms with van der Waals surface area (Å²) in [6.45, 7) is 0. The number of anilines is 1. The molecule has 2 fully saturated rings. The van der Waals surface area contributed by atoms with Crippen molar-refractivity contribution in [2.75, 3.05) is 4.90 Å². The zero-order chi connectivity index (χ0) is 12.7. The van der Waals surface area contributed by atoms with Gasteiger partial charge in [0.1, 0.15) is 0 Å². The molecular formula is C14H16ClNO2. The maximum absolute atomic E-state index is 11.1.